The Kier molecular flexibility index (Phi) is 2.02. The second-order valence-corrected chi connectivity index (χ2v) is 2.79. The summed E-state index contributed by atoms with van der Waals surface area (Å²) >= 11 is 0. The van der Waals surface area contributed by atoms with Crippen molar-refractivity contribution in [2.75, 3.05) is 0 Å². The molecule has 70 valence electrons. The zero-order valence-corrected chi connectivity index (χ0v) is 7.31. The standard InChI is InChI=1S/C10H8N2O2/c11-12-10-8(6-13)5-7-3-1-2-4-9(7)14-10/h1-6H,11H2. The summed E-state index contributed by atoms with van der Waals surface area (Å²) in [5, 5.41) is 4.24. The van der Waals surface area contributed by atoms with Crippen LogP contribution in [-0.2, 0) is 0 Å². The van der Waals surface area contributed by atoms with Gasteiger partial charge in [-0.2, -0.15) is 0 Å². The van der Waals surface area contributed by atoms with Gasteiger partial charge in [-0.05, 0) is 12.1 Å². The third kappa shape index (κ3) is 1.26. The molecule has 1 aromatic carbocycles. The lowest BCUT2D eigenvalue weighted by Gasteiger charge is -1.97. The third-order valence-electron chi connectivity index (χ3n) is 1.93. The maximum Gasteiger partial charge on any atom is 0.246 e. The molecule has 0 saturated heterocycles. The predicted octanol–water partition coefficient (Wildman–Crippen LogP) is 1.02. The van der Waals surface area contributed by atoms with Crippen molar-refractivity contribution in [3.63, 3.8) is 0 Å². The second kappa shape index (κ2) is 3.33. The Morgan fingerprint density at radius 2 is 2.14 bits per heavy atom. The Balaban J connectivity index is 2.89. The minimum Gasteiger partial charge on any atom is -0.436 e. The van der Waals surface area contributed by atoms with Crippen LogP contribution in [0.25, 0.3) is 11.0 Å². The van der Waals surface area contributed by atoms with Crippen LogP contribution in [0.2, 0.25) is 0 Å². The highest BCUT2D eigenvalue weighted by molar-refractivity contribution is 5.83. The van der Waals surface area contributed by atoms with Crippen LogP contribution in [0.5, 0.6) is 0 Å². The fourth-order valence-corrected chi connectivity index (χ4v) is 1.27. The minimum atomic E-state index is 0.152. The van der Waals surface area contributed by atoms with Crippen LogP contribution >= 0.6 is 0 Å². The van der Waals surface area contributed by atoms with Gasteiger partial charge in [0.25, 0.3) is 0 Å². The van der Waals surface area contributed by atoms with Crippen molar-refractivity contribution in [3.05, 3.63) is 41.4 Å². The van der Waals surface area contributed by atoms with E-state index in [0.717, 1.165) is 5.39 Å². The summed E-state index contributed by atoms with van der Waals surface area (Å²) in [4.78, 5) is 10.7. The smallest absolute Gasteiger partial charge is 0.246 e. The molecule has 2 aromatic rings. The zero-order valence-electron chi connectivity index (χ0n) is 7.31. The number of nitrogens with zero attached hydrogens (tertiary/aromatic N) is 1. The molecular weight excluding hydrogens is 180 g/mol. The molecule has 0 radical (unpaired) electrons. The van der Waals surface area contributed by atoms with E-state index in [4.69, 9.17) is 10.3 Å². The Labute approximate surface area is 79.6 Å². The Morgan fingerprint density at radius 3 is 2.86 bits per heavy atom. The lowest BCUT2D eigenvalue weighted by Crippen LogP contribution is -2.11. The molecule has 2 rings (SSSR count). The topological polar surface area (TPSA) is 68.6 Å². The number of rotatable bonds is 1. The van der Waals surface area contributed by atoms with Crippen LogP contribution in [0, 0.1) is 0 Å². The van der Waals surface area contributed by atoms with Gasteiger partial charge in [0.2, 0.25) is 5.55 Å². The van der Waals surface area contributed by atoms with Gasteiger partial charge in [0.15, 0.2) is 6.29 Å². The van der Waals surface area contributed by atoms with E-state index in [0.29, 0.717) is 17.4 Å². The van der Waals surface area contributed by atoms with Crippen molar-refractivity contribution in [2.45, 2.75) is 0 Å². The molecule has 0 unspecified atom stereocenters. The lowest BCUT2D eigenvalue weighted by molar-refractivity contribution is 0.111. The van der Waals surface area contributed by atoms with E-state index in [1.807, 2.05) is 18.2 Å². The fraction of sp³-hybridized carbons (Fsp3) is 0. The number of fused-ring (bicyclic) bond motifs is 1. The number of hydrogen-bond donors (Lipinski definition) is 1. The summed E-state index contributed by atoms with van der Waals surface area (Å²) in [5.41, 5.74) is 1.16. The summed E-state index contributed by atoms with van der Waals surface area (Å²) in [6.07, 6.45) is 0.668. The van der Waals surface area contributed by atoms with Gasteiger partial charge >= 0.3 is 0 Å². The summed E-state index contributed by atoms with van der Waals surface area (Å²) in [6.45, 7) is 0. The van der Waals surface area contributed by atoms with E-state index < -0.39 is 0 Å². The summed E-state index contributed by atoms with van der Waals surface area (Å²) in [6, 6.07) is 9.04. The highest BCUT2D eigenvalue weighted by atomic mass is 16.3. The summed E-state index contributed by atoms with van der Waals surface area (Å²) in [7, 11) is 0. The first-order chi connectivity index (χ1) is 6.85. The van der Waals surface area contributed by atoms with Crippen molar-refractivity contribution < 1.29 is 9.21 Å². The Hall–Kier alpha value is -2.10. The lowest BCUT2D eigenvalue weighted by atomic mass is 10.2. The van der Waals surface area contributed by atoms with Crippen molar-refractivity contribution in [1.82, 2.24) is 0 Å². The van der Waals surface area contributed by atoms with E-state index in [1.165, 1.54) is 0 Å². The van der Waals surface area contributed by atoms with Gasteiger partial charge in [-0.3, -0.25) is 4.79 Å². The van der Waals surface area contributed by atoms with Crippen molar-refractivity contribution in [3.8, 4) is 0 Å². The fourth-order valence-electron chi connectivity index (χ4n) is 1.27. The molecule has 1 heterocycles. The van der Waals surface area contributed by atoms with E-state index in [-0.39, 0.29) is 5.55 Å². The predicted molar refractivity (Wildman–Crippen MR) is 51.4 cm³/mol. The maximum absolute atomic E-state index is 10.7. The minimum absolute atomic E-state index is 0.152. The summed E-state index contributed by atoms with van der Waals surface area (Å²) in [5.74, 6) is 5.09. The summed E-state index contributed by atoms with van der Waals surface area (Å²) < 4.78 is 5.31. The van der Waals surface area contributed by atoms with Gasteiger partial charge in [-0.15, -0.1) is 5.10 Å². The van der Waals surface area contributed by atoms with Gasteiger partial charge in [-0.1, -0.05) is 18.2 Å². The monoisotopic (exact) mass is 188 g/mol. The molecule has 4 nitrogen and oxygen atoms in total. The molecule has 0 spiro atoms. The van der Waals surface area contributed by atoms with Crippen LogP contribution < -0.4 is 11.4 Å². The number of nitrogens with two attached hydrogens (primary N) is 1. The van der Waals surface area contributed by atoms with Crippen LogP contribution in [0.4, 0.5) is 0 Å². The van der Waals surface area contributed by atoms with E-state index >= 15 is 0 Å². The molecule has 14 heavy (non-hydrogen) atoms. The number of benzene rings is 1. The molecule has 4 heteroatoms. The van der Waals surface area contributed by atoms with Crippen LogP contribution in [0.15, 0.2) is 39.9 Å². The first kappa shape index (κ1) is 8.50. The maximum atomic E-state index is 10.7. The quantitative estimate of drug-likeness (QED) is 0.412. The zero-order chi connectivity index (χ0) is 9.97. The van der Waals surface area contributed by atoms with Gasteiger partial charge in [-0.25, -0.2) is 0 Å². The van der Waals surface area contributed by atoms with Crippen LogP contribution in [0.1, 0.15) is 10.4 Å². The molecule has 1 aromatic heterocycles. The molecule has 0 fully saturated rings. The second-order valence-electron chi connectivity index (χ2n) is 2.79. The van der Waals surface area contributed by atoms with Crippen molar-refractivity contribution in [1.29, 1.82) is 0 Å². The molecule has 0 atom stereocenters. The van der Waals surface area contributed by atoms with Crippen LogP contribution in [0.3, 0.4) is 0 Å². The third-order valence-corrected chi connectivity index (χ3v) is 1.93. The average molecular weight is 188 g/mol. The number of carbonyl (C=O) groups is 1. The van der Waals surface area contributed by atoms with Crippen molar-refractivity contribution >= 4 is 17.3 Å². The number of hydrogen-bond acceptors (Lipinski definition) is 4. The number of para-hydroxylation sites is 1. The molecule has 2 N–H and O–H groups in total. The van der Waals surface area contributed by atoms with Crippen molar-refractivity contribution in [2.24, 2.45) is 10.9 Å². The molecule has 0 bridgehead atoms. The van der Waals surface area contributed by atoms with Gasteiger partial charge in [0.1, 0.15) is 5.58 Å². The number of aldehydes is 1. The molecule has 0 aliphatic heterocycles. The Morgan fingerprint density at radius 1 is 1.36 bits per heavy atom. The molecule has 0 aliphatic rings. The van der Waals surface area contributed by atoms with Gasteiger partial charge < -0.3 is 10.3 Å². The van der Waals surface area contributed by atoms with E-state index in [1.54, 1.807) is 12.1 Å². The normalized spacial score (nSPS) is 11.9. The van der Waals surface area contributed by atoms with Gasteiger partial charge in [0, 0.05) is 5.39 Å². The largest absolute Gasteiger partial charge is 0.436 e. The SMILES string of the molecule is NN=c1oc2ccccc2cc1C=O. The number of carbonyl (C=O) groups excluding carboxylic acids is 1. The van der Waals surface area contributed by atoms with E-state index in [2.05, 4.69) is 5.10 Å². The molecule has 0 saturated carbocycles. The molecular formula is C10H8N2O2. The molecule has 0 aliphatic carbocycles. The highest BCUT2D eigenvalue weighted by Gasteiger charge is 2.01. The highest BCUT2D eigenvalue weighted by Crippen LogP contribution is 2.11. The van der Waals surface area contributed by atoms with Crippen LogP contribution in [-0.4, -0.2) is 6.29 Å². The Bertz CT molecular complexity index is 543. The van der Waals surface area contributed by atoms with Gasteiger partial charge in [0.05, 0.1) is 5.56 Å². The molecule has 0 amide bonds. The average Bonchev–Trinajstić information content (AvgIpc) is 2.27. The first-order valence-corrected chi connectivity index (χ1v) is 4.07. The first-order valence-electron chi connectivity index (χ1n) is 4.07. The van der Waals surface area contributed by atoms with E-state index in [9.17, 15) is 4.79 Å².